The maximum Gasteiger partial charge on any atom is 0.322 e. The van der Waals surface area contributed by atoms with Gasteiger partial charge in [0, 0.05) is 18.3 Å². The highest BCUT2D eigenvalue weighted by Crippen LogP contribution is 2.30. The number of hydrogen-bond donors (Lipinski definition) is 2. The van der Waals surface area contributed by atoms with Crippen molar-refractivity contribution in [1.29, 1.82) is 0 Å². The van der Waals surface area contributed by atoms with Crippen LogP contribution < -0.4 is 16.0 Å². The van der Waals surface area contributed by atoms with Gasteiger partial charge in [-0.05, 0) is 43.4 Å². The van der Waals surface area contributed by atoms with Crippen molar-refractivity contribution >= 4 is 17.4 Å². The fourth-order valence-electron chi connectivity index (χ4n) is 2.41. The average Bonchev–Trinajstić information content (AvgIpc) is 2.66. The molecule has 1 heterocycles. The highest BCUT2D eigenvalue weighted by molar-refractivity contribution is 5.95. The van der Waals surface area contributed by atoms with Gasteiger partial charge in [-0.2, -0.15) is 0 Å². The van der Waals surface area contributed by atoms with Gasteiger partial charge < -0.3 is 11.1 Å². The van der Waals surface area contributed by atoms with Crippen molar-refractivity contribution in [3.8, 4) is 0 Å². The third-order valence-electron chi connectivity index (χ3n) is 3.68. The largest absolute Gasteiger partial charge is 0.399 e. The van der Waals surface area contributed by atoms with Gasteiger partial charge in [0.05, 0.1) is 5.69 Å². The molecule has 0 unspecified atom stereocenters. The first-order valence-corrected chi connectivity index (χ1v) is 6.20. The second kappa shape index (κ2) is 3.95. The number of carbonyl (C=O) groups excluding carboxylic acids is 1. The Hall–Kier alpha value is -1.71. The molecular weight excluding hydrogens is 214 g/mol. The summed E-state index contributed by atoms with van der Waals surface area (Å²) in [5.41, 5.74) is 8.67. The average molecular weight is 231 g/mol. The summed E-state index contributed by atoms with van der Waals surface area (Å²) in [6.45, 7) is 0.761. The molecule has 4 heteroatoms. The number of urea groups is 1. The van der Waals surface area contributed by atoms with Gasteiger partial charge in [-0.3, -0.25) is 4.90 Å². The third kappa shape index (κ3) is 1.84. The lowest BCUT2D eigenvalue weighted by Gasteiger charge is -2.29. The first kappa shape index (κ1) is 10.4. The molecule has 2 aliphatic rings. The summed E-state index contributed by atoms with van der Waals surface area (Å²) in [5.74, 6) is 0. The second-order valence-electron chi connectivity index (χ2n) is 4.87. The Morgan fingerprint density at radius 1 is 1.41 bits per heavy atom. The number of nitrogen functional groups attached to an aromatic ring is 1. The molecule has 2 amide bonds. The van der Waals surface area contributed by atoms with E-state index in [1.807, 2.05) is 23.1 Å². The van der Waals surface area contributed by atoms with Crippen LogP contribution in [0.2, 0.25) is 0 Å². The van der Waals surface area contributed by atoms with E-state index in [-0.39, 0.29) is 6.03 Å². The SMILES string of the molecule is Nc1ccc2c(c1)N(C(=O)NC1CCC1)CC2. The molecule has 90 valence electrons. The Balaban J connectivity index is 1.77. The standard InChI is InChI=1S/C13H17N3O/c14-10-5-4-9-6-7-16(12(9)8-10)13(17)15-11-2-1-3-11/h4-5,8,11H,1-3,6-7,14H2,(H,15,17). The molecule has 3 rings (SSSR count). The van der Waals surface area contributed by atoms with Crippen LogP contribution in [0.3, 0.4) is 0 Å². The van der Waals surface area contributed by atoms with Crippen LogP contribution in [0.25, 0.3) is 0 Å². The van der Waals surface area contributed by atoms with Crippen LogP contribution in [0.4, 0.5) is 16.2 Å². The Bertz CT molecular complexity index is 454. The van der Waals surface area contributed by atoms with E-state index < -0.39 is 0 Å². The number of benzene rings is 1. The minimum atomic E-state index is 0.0269. The van der Waals surface area contributed by atoms with Crippen LogP contribution in [-0.4, -0.2) is 18.6 Å². The highest BCUT2D eigenvalue weighted by atomic mass is 16.2. The number of fused-ring (bicyclic) bond motifs is 1. The van der Waals surface area contributed by atoms with Crippen LogP contribution in [-0.2, 0) is 6.42 Å². The van der Waals surface area contributed by atoms with Crippen LogP contribution in [0.5, 0.6) is 0 Å². The quantitative estimate of drug-likeness (QED) is 0.725. The molecule has 1 aliphatic heterocycles. The maximum absolute atomic E-state index is 12.1. The molecule has 0 saturated heterocycles. The lowest BCUT2D eigenvalue weighted by Crippen LogP contribution is -2.46. The van der Waals surface area contributed by atoms with Crippen molar-refractivity contribution < 1.29 is 4.79 Å². The van der Waals surface area contributed by atoms with Gasteiger partial charge in [-0.25, -0.2) is 4.79 Å². The lowest BCUT2D eigenvalue weighted by atomic mass is 9.93. The van der Waals surface area contributed by atoms with Crippen molar-refractivity contribution in [3.05, 3.63) is 23.8 Å². The predicted octanol–water partition coefficient (Wildman–Crippen LogP) is 1.89. The van der Waals surface area contributed by atoms with Gasteiger partial charge in [0.1, 0.15) is 0 Å². The number of nitrogens with two attached hydrogens (primary N) is 1. The van der Waals surface area contributed by atoms with Crippen LogP contribution in [0.15, 0.2) is 18.2 Å². The molecule has 1 saturated carbocycles. The van der Waals surface area contributed by atoms with E-state index in [1.165, 1.54) is 12.0 Å². The molecule has 4 nitrogen and oxygen atoms in total. The fraction of sp³-hybridized carbons (Fsp3) is 0.462. The van der Waals surface area contributed by atoms with Crippen molar-refractivity contribution in [2.45, 2.75) is 31.7 Å². The van der Waals surface area contributed by atoms with Crippen molar-refractivity contribution in [3.63, 3.8) is 0 Å². The summed E-state index contributed by atoms with van der Waals surface area (Å²) in [6, 6.07) is 6.21. The number of carbonyl (C=O) groups is 1. The van der Waals surface area contributed by atoms with Crippen molar-refractivity contribution in [2.24, 2.45) is 0 Å². The number of anilines is 2. The Kier molecular flexibility index (Phi) is 2.42. The van der Waals surface area contributed by atoms with Gasteiger partial charge in [0.25, 0.3) is 0 Å². The number of nitrogens with zero attached hydrogens (tertiary/aromatic N) is 1. The molecular formula is C13H17N3O. The molecule has 0 radical (unpaired) electrons. The molecule has 0 aromatic heterocycles. The molecule has 0 bridgehead atoms. The van der Waals surface area contributed by atoms with Crippen LogP contribution in [0.1, 0.15) is 24.8 Å². The van der Waals surface area contributed by atoms with E-state index >= 15 is 0 Å². The monoisotopic (exact) mass is 231 g/mol. The van der Waals surface area contributed by atoms with E-state index in [9.17, 15) is 4.79 Å². The summed E-state index contributed by atoms with van der Waals surface area (Å²) >= 11 is 0. The first-order chi connectivity index (χ1) is 8.24. The van der Waals surface area contributed by atoms with Crippen molar-refractivity contribution in [2.75, 3.05) is 17.2 Å². The normalized spacial score (nSPS) is 18.7. The molecule has 17 heavy (non-hydrogen) atoms. The third-order valence-corrected chi connectivity index (χ3v) is 3.68. The van der Waals surface area contributed by atoms with E-state index in [2.05, 4.69) is 5.32 Å². The van der Waals surface area contributed by atoms with Gasteiger partial charge >= 0.3 is 6.03 Å². The zero-order valence-corrected chi connectivity index (χ0v) is 9.78. The molecule has 0 spiro atoms. The Morgan fingerprint density at radius 3 is 2.94 bits per heavy atom. The number of rotatable bonds is 1. The summed E-state index contributed by atoms with van der Waals surface area (Å²) in [6.07, 6.45) is 4.38. The molecule has 1 aromatic rings. The van der Waals surface area contributed by atoms with Gasteiger partial charge in [0.15, 0.2) is 0 Å². The zero-order chi connectivity index (χ0) is 11.8. The molecule has 1 aliphatic carbocycles. The maximum atomic E-state index is 12.1. The fourth-order valence-corrected chi connectivity index (χ4v) is 2.41. The minimum absolute atomic E-state index is 0.0269. The number of nitrogens with one attached hydrogen (secondary N) is 1. The van der Waals surface area contributed by atoms with Gasteiger partial charge in [0.2, 0.25) is 0 Å². The summed E-state index contributed by atoms with van der Waals surface area (Å²) < 4.78 is 0. The molecule has 1 fully saturated rings. The molecule has 1 aromatic carbocycles. The molecule has 3 N–H and O–H groups in total. The van der Waals surface area contributed by atoms with Gasteiger partial charge in [-0.1, -0.05) is 6.07 Å². The zero-order valence-electron chi connectivity index (χ0n) is 9.78. The smallest absolute Gasteiger partial charge is 0.322 e. The minimum Gasteiger partial charge on any atom is -0.399 e. The van der Waals surface area contributed by atoms with E-state index in [0.29, 0.717) is 11.7 Å². The summed E-state index contributed by atoms with van der Waals surface area (Å²) in [5, 5.41) is 3.06. The Morgan fingerprint density at radius 2 is 2.24 bits per heavy atom. The van der Waals surface area contributed by atoms with Crippen molar-refractivity contribution in [1.82, 2.24) is 5.32 Å². The lowest BCUT2D eigenvalue weighted by molar-refractivity contribution is 0.234. The number of hydrogen-bond acceptors (Lipinski definition) is 2. The summed E-state index contributed by atoms with van der Waals surface area (Å²) in [4.78, 5) is 13.9. The topological polar surface area (TPSA) is 58.4 Å². The van der Waals surface area contributed by atoms with E-state index in [0.717, 1.165) is 31.5 Å². The second-order valence-corrected chi connectivity index (χ2v) is 4.87. The van der Waals surface area contributed by atoms with Crippen LogP contribution >= 0.6 is 0 Å². The van der Waals surface area contributed by atoms with Crippen LogP contribution in [0, 0.1) is 0 Å². The predicted molar refractivity (Wildman–Crippen MR) is 68.1 cm³/mol. The Labute approximate surface area is 101 Å². The highest BCUT2D eigenvalue weighted by Gasteiger charge is 2.27. The molecule has 0 atom stereocenters. The summed E-state index contributed by atoms with van der Waals surface area (Å²) in [7, 11) is 0. The number of amides is 2. The first-order valence-electron chi connectivity index (χ1n) is 6.20. The van der Waals surface area contributed by atoms with E-state index in [1.54, 1.807) is 0 Å². The van der Waals surface area contributed by atoms with E-state index in [4.69, 9.17) is 5.73 Å². The van der Waals surface area contributed by atoms with Gasteiger partial charge in [-0.15, -0.1) is 0 Å².